The second-order valence-corrected chi connectivity index (χ2v) is 5.88. The molecule has 1 aromatic carbocycles. The molecule has 0 radical (unpaired) electrons. The Morgan fingerprint density at radius 3 is 2.71 bits per heavy atom. The summed E-state index contributed by atoms with van der Waals surface area (Å²) in [6, 6.07) is 5.95. The lowest BCUT2D eigenvalue weighted by Crippen LogP contribution is -2.13. The fourth-order valence-electron chi connectivity index (χ4n) is 2.48. The van der Waals surface area contributed by atoms with Gasteiger partial charge in [-0.05, 0) is 29.8 Å². The van der Waals surface area contributed by atoms with Gasteiger partial charge >= 0.3 is 6.18 Å². The number of nitrogens with one attached hydrogen (secondary N) is 1. The number of hydrogen-bond donors (Lipinski definition) is 1. The van der Waals surface area contributed by atoms with Gasteiger partial charge < -0.3 is 9.88 Å². The van der Waals surface area contributed by atoms with Crippen LogP contribution in [0.15, 0.2) is 55.6 Å². The summed E-state index contributed by atoms with van der Waals surface area (Å²) in [7, 11) is 0. The molecule has 9 heteroatoms. The molecule has 3 rings (SSSR count). The van der Waals surface area contributed by atoms with Crippen molar-refractivity contribution in [2.75, 3.05) is 5.32 Å². The van der Waals surface area contributed by atoms with Crippen LogP contribution in [0.2, 0.25) is 0 Å². The first-order valence-corrected chi connectivity index (χ1v) is 8.03. The molecule has 1 amide bonds. The molecule has 5 nitrogen and oxygen atoms in total. The number of rotatable bonds is 5. The van der Waals surface area contributed by atoms with E-state index in [1.54, 1.807) is 6.07 Å². The summed E-state index contributed by atoms with van der Waals surface area (Å²) in [5.41, 5.74) is -0.287. The van der Waals surface area contributed by atoms with Gasteiger partial charge in [-0.15, -0.1) is 0 Å². The first kappa shape index (κ1) is 19.3. The molecule has 0 saturated carbocycles. The quantitative estimate of drug-likeness (QED) is 0.658. The van der Waals surface area contributed by atoms with Crippen LogP contribution < -0.4 is 5.32 Å². The lowest BCUT2D eigenvalue weighted by Gasteiger charge is -2.09. The maximum absolute atomic E-state index is 13.7. The monoisotopic (exact) mass is 390 g/mol. The topological polar surface area (TPSA) is 59.8 Å². The molecule has 0 bridgehead atoms. The molecule has 0 unspecified atom stereocenters. The third-order valence-corrected chi connectivity index (χ3v) is 3.82. The molecule has 1 N–H and O–H groups in total. The third kappa shape index (κ3) is 4.43. The number of amides is 1. The summed E-state index contributed by atoms with van der Waals surface area (Å²) >= 11 is 0. The van der Waals surface area contributed by atoms with Gasteiger partial charge in [-0.25, -0.2) is 9.37 Å². The summed E-state index contributed by atoms with van der Waals surface area (Å²) in [6.07, 6.45) is 0.839. The fraction of sp³-hybridized carbons (Fsp3) is 0.105. The van der Waals surface area contributed by atoms with E-state index >= 15 is 0 Å². The van der Waals surface area contributed by atoms with Crippen molar-refractivity contribution in [1.29, 1.82) is 0 Å². The zero-order chi connectivity index (χ0) is 20.3. The molecule has 2 heterocycles. The van der Waals surface area contributed by atoms with Crippen molar-refractivity contribution in [3.63, 3.8) is 0 Å². The molecule has 2 aromatic heterocycles. The van der Waals surface area contributed by atoms with Crippen LogP contribution in [0.25, 0.3) is 6.08 Å². The lowest BCUT2D eigenvalue weighted by atomic mass is 10.1. The Balaban J connectivity index is 1.70. The van der Waals surface area contributed by atoms with Crippen molar-refractivity contribution >= 4 is 17.8 Å². The van der Waals surface area contributed by atoms with Crippen LogP contribution in [-0.2, 0) is 12.7 Å². The maximum Gasteiger partial charge on any atom is 0.416 e. The highest BCUT2D eigenvalue weighted by atomic mass is 19.4. The summed E-state index contributed by atoms with van der Waals surface area (Å²) in [5.74, 6) is -1.13. The highest BCUT2D eigenvalue weighted by Crippen LogP contribution is 2.29. The van der Waals surface area contributed by atoms with Gasteiger partial charge in [0.25, 0.3) is 5.91 Å². The van der Waals surface area contributed by atoms with Crippen molar-refractivity contribution < 1.29 is 22.4 Å². The minimum absolute atomic E-state index is 0.00414. The Hall–Kier alpha value is -3.49. The maximum atomic E-state index is 13.7. The van der Waals surface area contributed by atoms with Gasteiger partial charge in [0.15, 0.2) is 5.82 Å². The minimum Gasteiger partial charge on any atom is -0.331 e. The Morgan fingerprint density at radius 1 is 1.25 bits per heavy atom. The van der Waals surface area contributed by atoms with E-state index in [4.69, 9.17) is 0 Å². The first-order valence-electron chi connectivity index (χ1n) is 8.03. The zero-order valence-corrected chi connectivity index (χ0v) is 14.4. The molecule has 28 heavy (non-hydrogen) atoms. The number of nitrogens with zero attached hydrogens (tertiary/aromatic N) is 3. The Labute approximate surface area is 157 Å². The molecule has 0 atom stereocenters. The number of imidazole rings is 1. The molecule has 0 fully saturated rings. The van der Waals surface area contributed by atoms with E-state index in [1.807, 2.05) is 0 Å². The molecular weight excluding hydrogens is 376 g/mol. The summed E-state index contributed by atoms with van der Waals surface area (Å²) in [4.78, 5) is 19.9. The van der Waals surface area contributed by atoms with Crippen LogP contribution in [0.5, 0.6) is 0 Å². The van der Waals surface area contributed by atoms with Gasteiger partial charge in [0.05, 0.1) is 23.1 Å². The molecule has 144 valence electrons. The zero-order valence-electron chi connectivity index (χ0n) is 14.4. The molecule has 0 aliphatic rings. The number of aromatic nitrogens is 3. The number of pyridine rings is 1. The number of carbonyl (C=O) groups is 1. The third-order valence-electron chi connectivity index (χ3n) is 3.82. The van der Waals surface area contributed by atoms with Crippen molar-refractivity contribution in [1.82, 2.24) is 14.5 Å². The van der Waals surface area contributed by atoms with E-state index in [9.17, 15) is 22.4 Å². The van der Waals surface area contributed by atoms with Crippen molar-refractivity contribution in [3.05, 3.63) is 83.8 Å². The number of hydrogen-bond acceptors (Lipinski definition) is 3. The van der Waals surface area contributed by atoms with Gasteiger partial charge in [-0.2, -0.15) is 13.2 Å². The van der Waals surface area contributed by atoms with Gasteiger partial charge in [-0.3, -0.25) is 9.78 Å². The summed E-state index contributed by atoms with van der Waals surface area (Å²) in [5, 5.41) is 2.48. The SMILES string of the molecule is C=Cc1ncc(C(=O)Nc2cn(Cc3cccc(C(F)(F)F)c3)cn2)cc1F. The van der Waals surface area contributed by atoms with Crippen LogP contribution in [0.4, 0.5) is 23.4 Å². The van der Waals surface area contributed by atoms with E-state index < -0.39 is 23.5 Å². The summed E-state index contributed by atoms with van der Waals surface area (Å²) in [6.45, 7) is 3.55. The second kappa shape index (κ2) is 7.63. The van der Waals surface area contributed by atoms with Gasteiger partial charge in [0.1, 0.15) is 5.82 Å². The van der Waals surface area contributed by atoms with Crippen LogP contribution in [0.3, 0.4) is 0 Å². The van der Waals surface area contributed by atoms with Crippen molar-refractivity contribution in [2.24, 2.45) is 0 Å². The van der Waals surface area contributed by atoms with Crippen LogP contribution in [-0.4, -0.2) is 20.4 Å². The predicted octanol–water partition coefficient (Wildman–Crippen LogP) is 4.38. The Kier molecular flexibility index (Phi) is 5.25. The average Bonchev–Trinajstić information content (AvgIpc) is 3.08. The number of halogens is 4. The Bertz CT molecular complexity index is 1030. The first-order chi connectivity index (χ1) is 13.3. The molecular formula is C19H14F4N4O. The molecule has 0 saturated heterocycles. The molecule has 0 aliphatic heterocycles. The van der Waals surface area contributed by atoms with Crippen LogP contribution in [0.1, 0.15) is 27.2 Å². The normalized spacial score (nSPS) is 11.3. The van der Waals surface area contributed by atoms with E-state index in [1.165, 1.54) is 35.4 Å². The largest absolute Gasteiger partial charge is 0.416 e. The van der Waals surface area contributed by atoms with E-state index in [0.29, 0.717) is 5.56 Å². The predicted molar refractivity (Wildman–Crippen MR) is 95.0 cm³/mol. The van der Waals surface area contributed by atoms with Gasteiger partial charge in [0.2, 0.25) is 0 Å². The molecule has 0 aliphatic carbocycles. The van der Waals surface area contributed by atoms with E-state index in [-0.39, 0.29) is 23.6 Å². The minimum atomic E-state index is -4.42. The second-order valence-electron chi connectivity index (χ2n) is 5.88. The smallest absolute Gasteiger partial charge is 0.331 e. The van der Waals surface area contributed by atoms with E-state index in [2.05, 4.69) is 21.9 Å². The average molecular weight is 390 g/mol. The highest BCUT2D eigenvalue weighted by Gasteiger charge is 2.30. The lowest BCUT2D eigenvalue weighted by molar-refractivity contribution is -0.137. The number of alkyl halides is 3. The van der Waals surface area contributed by atoms with Crippen molar-refractivity contribution in [3.8, 4) is 0 Å². The van der Waals surface area contributed by atoms with Gasteiger partial charge in [0, 0.05) is 18.9 Å². The Morgan fingerprint density at radius 2 is 2.04 bits per heavy atom. The van der Waals surface area contributed by atoms with Crippen LogP contribution in [0, 0.1) is 5.82 Å². The van der Waals surface area contributed by atoms with E-state index in [0.717, 1.165) is 18.2 Å². The van der Waals surface area contributed by atoms with Gasteiger partial charge in [-0.1, -0.05) is 18.7 Å². The van der Waals surface area contributed by atoms with Crippen molar-refractivity contribution in [2.45, 2.75) is 12.7 Å². The molecule has 3 aromatic rings. The van der Waals surface area contributed by atoms with Crippen LogP contribution >= 0.6 is 0 Å². The number of carbonyl (C=O) groups excluding carboxylic acids is 1. The number of anilines is 1. The standard InChI is InChI=1S/C19H14F4N4O/c1-2-16-15(20)7-13(8-24-16)18(28)26-17-10-27(11-25-17)9-12-4-3-5-14(6-12)19(21,22)23/h2-8,10-11H,1,9H2,(H,26,28). The molecule has 0 spiro atoms. The number of benzene rings is 1. The highest BCUT2D eigenvalue weighted by molar-refractivity contribution is 6.03. The fourth-order valence-corrected chi connectivity index (χ4v) is 2.48. The summed E-state index contributed by atoms with van der Waals surface area (Å²) < 4.78 is 53.6.